The maximum atomic E-state index is 12.9. The Kier molecular flexibility index (Phi) is 3.44. The molecule has 1 spiro atoms. The Labute approximate surface area is 140 Å². The first-order chi connectivity index (χ1) is 11.6. The van der Waals surface area contributed by atoms with Gasteiger partial charge < -0.3 is 15.0 Å². The molecule has 1 aromatic heterocycles. The Morgan fingerprint density at radius 2 is 1.83 bits per heavy atom. The number of carboxylic acid groups (broad SMARTS) is 1. The largest absolute Gasteiger partial charge is 0.481 e. The number of aromatic nitrogens is 1. The smallest absolute Gasteiger partial charge is 0.307 e. The van der Waals surface area contributed by atoms with Crippen LogP contribution in [0.25, 0.3) is 11.1 Å². The van der Waals surface area contributed by atoms with Crippen molar-refractivity contribution in [2.75, 3.05) is 13.1 Å². The van der Waals surface area contributed by atoms with Crippen LogP contribution in [0.3, 0.4) is 0 Å². The Bertz CT molecular complexity index is 773. The summed E-state index contributed by atoms with van der Waals surface area (Å²) >= 11 is 0. The fourth-order valence-electron chi connectivity index (χ4n) is 3.97. The topological polar surface area (TPSA) is 73.4 Å². The predicted octanol–water partition coefficient (Wildman–Crippen LogP) is 3.01. The van der Waals surface area contributed by atoms with Gasteiger partial charge in [0, 0.05) is 31.0 Å². The molecule has 1 aliphatic heterocycles. The van der Waals surface area contributed by atoms with E-state index in [-0.39, 0.29) is 17.2 Å². The van der Waals surface area contributed by atoms with E-state index in [1.165, 1.54) is 0 Å². The number of likely N-dealkylation sites (tertiary alicyclic amines) is 1. The molecule has 2 aliphatic rings. The summed E-state index contributed by atoms with van der Waals surface area (Å²) in [5.74, 6) is -0.869. The lowest BCUT2D eigenvalue weighted by molar-refractivity contribution is -0.139. The van der Waals surface area contributed by atoms with Crippen molar-refractivity contribution in [1.29, 1.82) is 0 Å². The molecule has 1 unspecified atom stereocenters. The van der Waals surface area contributed by atoms with Gasteiger partial charge in [-0.2, -0.15) is 0 Å². The van der Waals surface area contributed by atoms with Crippen molar-refractivity contribution < 1.29 is 14.7 Å². The summed E-state index contributed by atoms with van der Waals surface area (Å²) in [6, 6.07) is 9.86. The summed E-state index contributed by atoms with van der Waals surface area (Å²) in [6.07, 6.45) is 5.97. The SMILES string of the molecule is O=C(O)C1CC12CCN(C(=O)c1c[nH]cc1-c1ccccc1)CC2. The van der Waals surface area contributed by atoms with Gasteiger partial charge in [-0.05, 0) is 30.2 Å². The van der Waals surface area contributed by atoms with Crippen LogP contribution < -0.4 is 0 Å². The van der Waals surface area contributed by atoms with Gasteiger partial charge in [0.05, 0.1) is 11.5 Å². The second-order valence-corrected chi connectivity index (χ2v) is 6.90. The minimum atomic E-state index is -0.688. The number of benzene rings is 1. The highest BCUT2D eigenvalue weighted by Gasteiger charge is 2.59. The van der Waals surface area contributed by atoms with E-state index < -0.39 is 5.97 Å². The normalized spacial score (nSPS) is 21.7. The van der Waals surface area contributed by atoms with Crippen LogP contribution >= 0.6 is 0 Å². The molecule has 2 fully saturated rings. The summed E-state index contributed by atoms with van der Waals surface area (Å²) in [6.45, 7) is 1.28. The molecule has 1 amide bonds. The van der Waals surface area contributed by atoms with Crippen LogP contribution in [0.5, 0.6) is 0 Å². The number of hydrogen-bond acceptors (Lipinski definition) is 2. The molecule has 1 aromatic carbocycles. The maximum absolute atomic E-state index is 12.9. The zero-order chi connectivity index (χ0) is 16.7. The molecule has 2 aromatic rings. The maximum Gasteiger partial charge on any atom is 0.307 e. The second kappa shape index (κ2) is 5.51. The van der Waals surface area contributed by atoms with E-state index in [2.05, 4.69) is 4.98 Å². The van der Waals surface area contributed by atoms with E-state index in [1.807, 2.05) is 41.4 Å². The first kappa shape index (κ1) is 15.0. The van der Waals surface area contributed by atoms with Gasteiger partial charge in [-0.3, -0.25) is 9.59 Å². The fraction of sp³-hybridized carbons (Fsp3) is 0.368. The number of carbonyl (C=O) groups excluding carboxylic acids is 1. The van der Waals surface area contributed by atoms with Gasteiger partial charge in [0.2, 0.25) is 0 Å². The summed E-state index contributed by atoms with van der Waals surface area (Å²) in [5, 5.41) is 9.17. The van der Waals surface area contributed by atoms with E-state index in [1.54, 1.807) is 6.20 Å². The zero-order valence-corrected chi connectivity index (χ0v) is 13.4. The van der Waals surface area contributed by atoms with Gasteiger partial charge in [-0.1, -0.05) is 30.3 Å². The first-order valence-electron chi connectivity index (χ1n) is 8.35. The number of hydrogen-bond donors (Lipinski definition) is 2. The van der Waals surface area contributed by atoms with Gasteiger partial charge in [-0.15, -0.1) is 0 Å². The number of amides is 1. The van der Waals surface area contributed by atoms with Crippen molar-refractivity contribution in [1.82, 2.24) is 9.88 Å². The van der Waals surface area contributed by atoms with Gasteiger partial charge in [-0.25, -0.2) is 0 Å². The third kappa shape index (κ3) is 2.40. The summed E-state index contributed by atoms with van der Waals surface area (Å²) in [7, 11) is 0. The van der Waals surface area contributed by atoms with Crippen molar-refractivity contribution in [2.24, 2.45) is 11.3 Å². The van der Waals surface area contributed by atoms with Crippen LogP contribution in [-0.2, 0) is 4.79 Å². The van der Waals surface area contributed by atoms with Crippen LogP contribution in [0, 0.1) is 11.3 Å². The molecule has 1 aliphatic carbocycles. The molecular weight excluding hydrogens is 304 g/mol. The summed E-state index contributed by atoms with van der Waals surface area (Å²) < 4.78 is 0. The Morgan fingerprint density at radius 1 is 1.12 bits per heavy atom. The number of rotatable bonds is 3. The monoisotopic (exact) mass is 324 g/mol. The molecule has 4 rings (SSSR count). The number of nitrogens with zero attached hydrogens (tertiary/aromatic N) is 1. The molecule has 5 heteroatoms. The summed E-state index contributed by atoms with van der Waals surface area (Å²) in [5.41, 5.74) is 2.56. The average Bonchev–Trinajstić information content (AvgIpc) is 3.09. The number of aliphatic carboxylic acids is 1. The lowest BCUT2D eigenvalue weighted by Gasteiger charge is -2.32. The van der Waals surface area contributed by atoms with E-state index in [0.717, 1.165) is 30.4 Å². The third-order valence-electron chi connectivity index (χ3n) is 5.59. The Morgan fingerprint density at radius 3 is 2.46 bits per heavy atom. The van der Waals surface area contributed by atoms with Gasteiger partial charge in [0.1, 0.15) is 0 Å². The Hall–Kier alpha value is -2.56. The molecule has 5 nitrogen and oxygen atoms in total. The van der Waals surface area contributed by atoms with Gasteiger partial charge in [0.25, 0.3) is 5.91 Å². The van der Waals surface area contributed by atoms with E-state index >= 15 is 0 Å². The fourth-order valence-corrected chi connectivity index (χ4v) is 3.97. The number of nitrogens with one attached hydrogen (secondary N) is 1. The average molecular weight is 324 g/mol. The molecule has 1 atom stereocenters. The highest BCUT2D eigenvalue weighted by atomic mass is 16.4. The standard InChI is InChI=1S/C19H20N2O3/c22-17(15-12-20-11-14(15)13-4-2-1-3-5-13)21-8-6-19(7-9-21)10-16(19)18(23)24/h1-5,11-12,16,20H,6-10H2,(H,23,24). The van der Waals surface area contributed by atoms with Crippen LogP contribution in [0.15, 0.2) is 42.7 Å². The van der Waals surface area contributed by atoms with Crippen molar-refractivity contribution in [3.63, 3.8) is 0 Å². The Balaban J connectivity index is 1.49. The number of piperidine rings is 1. The van der Waals surface area contributed by atoms with Crippen molar-refractivity contribution in [2.45, 2.75) is 19.3 Å². The minimum Gasteiger partial charge on any atom is -0.481 e. The lowest BCUT2D eigenvalue weighted by Crippen LogP contribution is -2.40. The van der Waals surface area contributed by atoms with Gasteiger partial charge >= 0.3 is 5.97 Å². The van der Waals surface area contributed by atoms with Crippen molar-refractivity contribution in [3.05, 3.63) is 48.3 Å². The quantitative estimate of drug-likeness (QED) is 0.911. The van der Waals surface area contributed by atoms with E-state index in [0.29, 0.717) is 18.7 Å². The van der Waals surface area contributed by atoms with Crippen LogP contribution in [0.4, 0.5) is 0 Å². The molecule has 2 N–H and O–H groups in total. The van der Waals surface area contributed by atoms with Crippen LogP contribution in [0.2, 0.25) is 0 Å². The van der Waals surface area contributed by atoms with Crippen molar-refractivity contribution in [3.8, 4) is 11.1 Å². The third-order valence-corrected chi connectivity index (χ3v) is 5.59. The van der Waals surface area contributed by atoms with Gasteiger partial charge in [0.15, 0.2) is 0 Å². The summed E-state index contributed by atoms with van der Waals surface area (Å²) in [4.78, 5) is 28.9. The van der Waals surface area contributed by atoms with Crippen molar-refractivity contribution >= 4 is 11.9 Å². The number of carbonyl (C=O) groups is 2. The predicted molar refractivity (Wildman–Crippen MR) is 89.5 cm³/mol. The number of H-pyrrole nitrogens is 1. The molecule has 1 saturated heterocycles. The molecule has 0 bridgehead atoms. The lowest BCUT2D eigenvalue weighted by atomic mass is 9.90. The highest BCUT2D eigenvalue weighted by molar-refractivity contribution is 6.00. The second-order valence-electron chi connectivity index (χ2n) is 6.90. The highest BCUT2D eigenvalue weighted by Crippen LogP contribution is 2.59. The molecule has 0 radical (unpaired) electrons. The molecule has 24 heavy (non-hydrogen) atoms. The molecule has 124 valence electrons. The first-order valence-corrected chi connectivity index (χ1v) is 8.35. The molecule has 1 saturated carbocycles. The zero-order valence-electron chi connectivity index (χ0n) is 13.4. The molecule has 2 heterocycles. The van der Waals surface area contributed by atoms with E-state index in [4.69, 9.17) is 0 Å². The van der Waals surface area contributed by atoms with Crippen LogP contribution in [-0.4, -0.2) is 40.0 Å². The van der Waals surface area contributed by atoms with Crippen LogP contribution in [0.1, 0.15) is 29.6 Å². The minimum absolute atomic E-state index is 0.0254. The molecular formula is C19H20N2O3. The van der Waals surface area contributed by atoms with E-state index in [9.17, 15) is 14.7 Å². The number of carboxylic acids is 1. The number of aromatic amines is 1.